The molecule has 18 heteroatoms. The maximum absolute atomic E-state index is 14.4. The normalized spacial score (nSPS) is 16.8. The zero-order chi connectivity index (χ0) is 31.3. The summed E-state index contributed by atoms with van der Waals surface area (Å²) in [5, 5.41) is 10.4. The molecule has 0 aliphatic rings. The fourth-order valence-electron chi connectivity index (χ4n) is 3.47. The van der Waals surface area contributed by atoms with Crippen LogP contribution in [0.4, 0.5) is 74.6 Å². The first-order valence-electron chi connectivity index (χ1n) is 10.5. The molecule has 0 amide bonds. The van der Waals surface area contributed by atoms with Crippen LogP contribution in [0.1, 0.15) is 44.2 Å². The molecule has 1 aromatic rings. The first kappa shape index (κ1) is 35.0. The second-order valence-corrected chi connectivity index (χ2v) is 8.86. The van der Waals surface area contributed by atoms with E-state index in [2.05, 4.69) is 0 Å². The number of aryl methyl sites for hydroxylation is 1. The number of halogens is 17. The van der Waals surface area contributed by atoms with Crippen molar-refractivity contribution in [3.05, 3.63) is 35.4 Å². The molecule has 39 heavy (non-hydrogen) atoms. The summed E-state index contributed by atoms with van der Waals surface area (Å²) >= 11 is 0. The average molecular weight is 610 g/mol. The van der Waals surface area contributed by atoms with Crippen molar-refractivity contribution in [3.63, 3.8) is 0 Å². The Morgan fingerprint density at radius 1 is 0.590 bits per heavy atom. The van der Waals surface area contributed by atoms with Gasteiger partial charge >= 0.3 is 47.6 Å². The topological polar surface area (TPSA) is 20.2 Å². The summed E-state index contributed by atoms with van der Waals surface area (Å²) < 4.78 is 229. The van der Waals surface area contributed by atoms with E-state index in [9.17, 15) is 79.7 Å². The maximum Gasteiger partial charge on any atom is 0.460 e. The Hall–Kier alpha value is -2.01. The van der Waals surface area contributed by atoms with Gasteiger partial charge in [0.2, 0.25) is 0 Å². The molecule has 1 unspecified atom stereocenters. The van der Waals surface area contributed by atoms with Crippen LogP contribution in [0.25, 0.3) is 0 Å². The molecule has 0 saturated carbocycles. The molecule has 0 spiro atoms. The van der Waals surface area contributed by atoms with E-state index in [-0.39, 0.29) is 12.0 Å². The van der Waals surface area contributed by atoms with Gasteiger partial charge in [-0.15, -0.1) is 0 Å². The lowest BCUT2D eigenvalue weighted by molar-refractivity contribution is -0.462. The number of alkyl halides is 17. The van der Waals surface area contributed by atoms with Crippen molar-refractivity contribution in [2.24, 2.45) is 0 Å². The van der Waals surface area contributed by atoms with Crippen molar-refractivity contribution in [1.82, 2.24) is 0 Å². The Balaban J connectivity index is 3.62. The summed E-state index contributed by atoms with van der Waals surface area (Å²) in [5.41, 5.74) is -3.97. The van der Waals surface area contributed by atoms with E-state index < -0.39 is 65.2 Å². The first-order valence-corrected chi connectivity index (χ1v) is 10.5. The monoisotopic (exact) mass is 610 g/mol. The van der Waals surface area contributed by atoms with Crippen molar-refractivity contribution in [2.45, 2.75) is 92.8 Å². The Bertz CT molecular complexity index is 994. The fourth-order valence-corrected chi connectivity index (χ4v) is 3.47. The predicted octanol–water partition coefficient (Wildman–Crippen LogP) is 8.64. The molecule has 0 heterocycles. The predicted molar refractivity (Wildman–Crippen MR) is 99.9 cm³/mol. The van der Waals surface area contributed by atoms with Crippen molar-refractivity contribution < 1.29 is 79.7 Å². The minimum atomic E-state index is -8.68. The summed E-state index contributed by atoms with van der Waals surface area (Å²) in [5.74, 6) is -57.0. The maximum atomic E-state index is 14.4. The largest absolute Gasteiger partial charge is 0.460 e. The van der Waals surface area contributed by atoms with E-state index in [4.69, 9.17) is 0 Å². The number of hydrogen-bond donors (Lipinski definition) is 1. The number of rotatable bonds is 12. The summed E-state index contributed by atoms with van der Waals surface area (Å²) in [6, 6.07) is 4.31. The third kappa shape index (κ3) is 5.37. The molecular weight excluding hydrogens is 591 g/mol. The lowest BCUT2D eigenvalue weighted by atomic mass is 9.81. The van der Waals surface area contributed by atoms with Crippen molar-refractivity contribution >= 4 is 0 Å². The van der Waals surface area contributed by atoms with Crippen LogP contribution in [0, 0.1) is 0 Å². The number of hydrogen-bond acceptors (Lipinski definition) is 1. The number of benzene rings is 1. The molecule has 1 atom stereocenters. The smallest absolute Gasteiger partial charge is 0.385 e. The highest BCUT2D eigenvalue weighted by Crippen LogP contribution is 2.64. The highest BCUT2D eigenvalue weighted by atomic mass is 19.4. The van der Waals surface area contributed by atoms with Gasteiger partial charge in [0.05, 0.1) is 12.0 Å². The van der Waals surface area contributed by atoms with Gasteiger partial charge in [-0.1, -0.05) is 37.6 Å². The van der Waals surface area contributed by atoms with Gasteiger partial charge in [0, 0.05) is 0 Å². The van der Waals surface area contributed by atoms with Crippen LogP contribution in [0.2, 0.25) is 0 Å². The van der Waals surface area contributed by atoms with Gasteiger partial charge < -0.3 is 5.11 Å². The van der Waals surface area contributed by atoms with Crippen LogP contribution >= 0.6 is 0 Å². The van der Waals surface area contributed by atoms with Gasteiger partial charge in [-0.05, 0) is 30.9 Å². The summed E-state index contributed by atoms with van der Waals surface area (Å²) in [7, 11) is 0. The lowest BCUT2D eigenvalue weighted by Crippen LogP contribution is -2.74. The van der Waals surface area contributed by atoms with Crippen molar-refractivity contribution in [2.75, 3.05) is 0 Å². The van der Waals surface area contributed by atoms with Crippen LogP contribution in [-0.4, -0.2) is 52.7 Å². The van der Waals surface area contributed by atoms with Gasteiger partial charge in [0.15, 0.2) is 0 Å². The standard InChI is InChI=1S/C21H19F17O/c1-3-4-7-11-8-5-6-9-12(11)13(2,39)10-14(22,23)15(24,25)16(26,27)17(28,29)18(30,31)19(32,33)20(34,35)21(36,37)38/h5-6,8-9,39H,3-4,7,10H2,1-2H3. The quantitative estimate of drug-likeness (QED) is 0.235. The molecule has 0 saturated heterocycles. The minimum Gasteiger partial charge on any atom is -0.385 e. The van der Waals surface area contributed by atoms with Gasteiger partial charge in [-0.3, -0.25) is 0 Å². The molecule has 228 valence electrons. The van der Waals surface area contributed by atoms with E-state index in [1.807, 2.05) is 0 Å². The minimum absolute atomic E-state index is 0.0201. The van der Waals surface area contributed by atoms with Crippen molar-refractivity contribution in [1.29, 1.82) is 0 Å². The highest BCUT2D eigenvalue weighted by Gasteiger charge is 2.95. The lowest BCUT2D eigenvalue weighted by Gasteiger charge is -2.43. The van der Waals surface area contributed by atoms with Crippen LogP contribution in [-0.2, 0) is 12.0 Å². The van der Waals surface area contributed by atoms with E-state index in [1.165, 1.54) is 12.1 Å². The van der Waals surface area contributed by atoms with E-state index in [1.54, 1.807) is 6.92 Å². The second kappa shape index (κ2) is 10.1. The summed E-state index contributed by atoms with van der Waals surface area (Å²) in [4.78, 5) is 0. The molecule has 0 fully saturated rings. The molecule has 0 aliphatic heterocycles. The molecule has 0 bridgehead atoms. The van der Waals surface area contributed by atoms with Gasteiger partial charge in [0.25, 0.3) is 0 Å². The molecule has 1 nitrogen and oxygen atoms in total. The zero-order valence-corrected chi connectivity index (χ0v) is 19.5. The van der Waals surface area contributed by atoms with Crippen LogP contribution in [0.3, 0.4) is 0 Å². The third-order valence-electron chi connectivity index (χ3n) is 5.75. The van der Waals surface area contributed by atoms with E-state index in [0.29, 0.717) is 19.8 Å². The van der Waals surface area contributed by atoms with Crippen molar-refractivity contribution in [3.8, 4) is 0 Å². The van der Waals surface area contributed by atoms with Crippen LogP contribution in [0.5, 0.6) is 0 Å². The molecule has 0 aliphatic carbocycles. The molecular formula is C21H19F17O. The molecule has 1 aromatic carbocycles. The van der Waals surface area contributed by atoms with Gasteiger partial charge in [0.1, 0.15) is 0 Å². The Morgan fingerprint density at radius 2 is 0.974 bits per heavy atom. The SMILES string of the molecule is CCCCc1ccccc1C(C)(O)CC(F)(F)C(F)(F)C(F)(F)C(F)(F)C(F)(F)C(F)(F)C(F)(F)C(F)(F)F. The van der Waals surface area contributed by atoms with E-state index in [0.717, 1.165) is 12.1 Å². The van der Waals surface area contributed by atoms with Gasteiger partial charge in [-0.25, -0.2) is 0 Å². The first-order chi connectivity index (χ1) is 17.0. The summed E-state index contributed by atoms with van der Waals surface area (Å²) in [6.45, 7) is 1.95. The average Bonchev–Trinajstić information content (AvgIpc) is 2.75. The molecule has 1 N–H and O–H groups in total. The number of unbranched alkanes of at least 4 members (excludes halogenated alkanes) is 1. The second-order valence-electron chi connectivity index (χ2n) is 8.86. The fraction of sp³-hybridized carbons (Fsp3) is 0.714. The third-order valence-corrected chi connectivity index (χ3v) is 5.75. The molecule has 0 radical (unpaired) electrons. The van der Waals surface area contributed by atoms with Gasteiger partial charge in [-0.2, -0.15) is 74.6 Å². The molecule has 1 rings (SSSR count). The Morgan fingerprint density at radius 3 is 1.38 bits per heavy atom. The zero-order valence-electron chi connectivity index (χ0n) is 19.5. The molecule has 0 aromatic heterocycles. The Kier molecular flexibility index (Phi) is 9.09. The highest BCUT2D eigenvalue weighted by molar-refractivity contribution is 5.33. The van der Waals surface area contributed by atoms with Crippen LogP contribution in [0.15, 0.2) is 24.3 Å². The summed E-state index contributed by atoms with van der Waals surface area (Å²) in [6.07, 6.45) is -10.0. The number of aliphatic hydroxyl groups is 1. The van der Waals surface area contributed by atoms with Crippen LogP contribution < -0.4 is 0 Å². The van der Waals surface area contributed by atoms with E-state index >= 15 is 0 Å². The Labute approximate surface area is 209 Å².